The summed E-state index contributed by atoms with van der Waals surface area (Å²) in [5.74, 6) is -0.556. The number of carboxylic acids is 1. The van der Waals surface area contributed by atoms with E-state index in [0.717, 1.165) is 23.4 Å². The minimum atomic E-state index is -0.957. The highest BCUT2D eigenvalue weighted by Gasteiger charge is 2.09. The van der Waals surface area contributed by atoms with Crippen LogP contribution in [0, 0.1) is 6.92 Å². The molecule has 2 N–H and O–H groups in total. The van der Waals surface area contributed by atoms with Crippen LogP contribution >= 0.6 is 0 Å². The number of hydrogen-bond donors (Lipinski definition) is 2. The van der Waals surface area contributed by atoms with Crippen LogP contribution in [-0.2, 0) is 0 Å². The Bertz CT molecular complexity index is 800. The van der Waals surface area contributed by atoms with Crippen molar-refractivity contribution in [2.75, 3.05) is 18.9 Å². The quantitative estimate of drug-likeness (QED) is 0.595. The van der Waals surface area contributed by atoms with Gasteiger partial charge in [0.15, 0.2) is 0 Å². The topological polar surface area (TPSA) is 90.7 Å². The minimum absolute atomic E-state index is 0.235. The molecule has 0 unspecified atom stereocenters. The number of nitrogens with one attached hydrogen (secondary N) is 1. The average molecular weight is 339 g/mol. The minimum Gasteiger partial charge on any atom is -0.478 e. The molecule has 0 saturated carbocycles. The predicted molar refractivity (Wildman–Crippen MR) is 98.7 cm³/mol. The van der Waals surface area contributed by atoms with E-state index in [-0.39, 0.29) is 5.56 Å². The smallest absolute Gasteiger partial charge is 0.335 e. The third kappa shape index (κ3) is 4.87. The van der Waals surface area contributed by atoms with Crippen molar-refractivity contribution in [1.82, 2.24) is 15.0 Å². The highest BCUT2D eigenvalue weighted by atomic mass is 16.4. The number of benzene rings is 1. The number of rotatable bonds is 7. The third-order valence-corrected chi connectivity index (χ3v) is 3.52. The molecular weight excluding hydrogens is 318 g/mol. The zero-order chi connectivity index (χ0) is 18.4. The number of carbonyl (C=O) groups is 1. The lowest BCUT2D eigenvalue weighted by molar-refractivity contribution is 0.0697. The first kappa shape index (κ1) is 18.1. The summed E-state index contributed by atoms with van der Waals surface area (Å²) in [5.41, 5.74) is 3.23. The van der Waals surface area contributed by atoms with E-state index in [2.05, 4.69) is 27.0 Å². The van der Waals surface area contributed by atoms with Gasteiger partial charge in [-0.15, -0.1) is 0 Å². The van der Waals surface area contributed by atoms with Gasteiger partial charge in [-0.1, -0.05) is 18.7 Å². The summed E-state index contributed by atoms with van der Waals surface area (Å²) in [6, 6.07) is 6.57. The van der Waals surface area contributed by atoms with Crippen molar-refractivity contribution in [1.29, 1.82) is 0 Å². The maximum absolute atomic E-state index is 11.0. The largest absolute Gasteiger partial charge is 0.478 e. The van der Waals surface area contributed by atoms with Crippen LogP contribution in [0.3, 0.4) is 0 Å². The Hall–Kier alpha value is -3.22. The molecule has 0 spiro atoms. The molecule has 0 bridgehead atoms. The van der Waals surface area contributed by atoms with Crippen LogP contribution in [0.25, 0.3) is 11.3 Å². The highest BCUT2D eigenvalue weighted by Crippen LogP contribution is 2.22. The van der Waals surface area contributed by atoms with Crippen LogP contribution < -0.4 is 5.32 Å². The Morgan fingerprint density at radius 2 is 2.08 bits per heavy atom. The first-order valence-electron chi connectivity index (χ1n) is 7.79. The summed E-state index contributed by atoms with van der Waals surface area (Å²) in [4.78, 5) is 19.7. The number of hydrogen-bond acceptors (Lipinski definition) is 6. The number of carboxylic acid groups (broad SMARTS) is 1. The van der Waals surface area contributed by atoms with E-state index in [1.54, 1.807) is 41.7 Å². The van der Waals surface area contributed by atoms with Crippen molar-refractivity contribution in [3.05, 3.63) is 53.9 Å². The number of aromatic carboxylic acids is 1. The predicted octanol–water partition coefficient (Wildman–Crippen LogP) is 3.01. The first-order chi connectivity index (χ1) is 11.9. The van der Waals surface area contributed by atoms with Crippen LogP contribution in [0.2, 0.25) is 0 Å². The summed E-state index contributed by atoms with van der Waals surface area (Å²) in [7, 11) is 1.87. The second-order valence-corrected chi connectivity index (χ2v) is 5.48. The second kappa shape index (κ2) is 8.05. The van der Waals surface area contributed by atoms with E-state index in [1.807, 2.05) is 20.9 Å². The van der Waals surface area contributed by atoms with Crippen LogP contribution in [0.1, 0.15) is 22.8 Å². The molecule has 0 fully saturated rings. The maximum atomic E-state index is 11.0. The van der Waals surface area contributed by atoms with Gasteiger partial charge in [-0.25, -0.2) is 14.8 Å². The summed E-state index contributed by atoms with van der Waals surface area (Å²) in [6.45, 7) is 8.57. The Morgan fingerprint density at radius 1 is 1.40 bits per heavy atom. The van der Waals surface area contributed by atoms with Gasteiger partial charge in [-0.2, -0.15) is 5.10 Å². The van der Waals surface area contributed by atoms with Crippen LogP contribution in [0.5, 0.6) is 0 Å². The van der Waals surface area contributed by atoms with Crippen LogP contribution in [0.4, 0.5) is 5.95 Å². The van der Waals surface area contributed by atoms with Crippen LogP contribution in [0.15, 0.2) is 47.8 Å². The number of anilines is 1. The molecule has 0 aliphatic heterocycles. The maximum Gasteiger partial charge on any atom is 0.335 e. The van der Waals surface area contributed by atoms with Gasteiger partial charge in [-0.05, 0) is 31.5 Å². The van der Waals surface area contributed by atoms with E-state index in [9.17, 15) is 4.79 Å². The Balaban J connectivity index is 2.21. The van der Waals surface area contributed by atoms with Gasteiger partial charge in [0.1, 0.15) is 0 Å². The Labute approximate surface area is 146 Å². The second-order valence-electron chi connectivity index (χ2n) is 5.48. The first-order valence-corrected chi connectivity index (χ1v) is 7.79. The number of nitrogens with zero attached hydrogens (tertiary/aromatic N) is 4. The number of allylic oxidation sites excluding steroid dienone is 1. The van der Waals surface area contributed by atoms with Crippen molar-refractivity contribution in [3.63, 3.8) is 0 Å². The number of aromatic nitrogens is 2. The van der Waals surface area contributed by atoms with Gasteiger partial charge in [0, 0.05) is 25.4 Å². The van der Waals surface area contributed by atoms with Gasteiger partial charge >= 0.3 is 5.97 Å². The average Bonchev–Trinajstić information content (AvgIpc) is 2.61. The Kier molecular flexibility index (Phi) is 5.84. The zero-order valence-electron chi connectivity index (χ0n) is 14.5. The van der Waals surface area contributed by atoms with Gasteiger partial charge in [0.25, 0.3) is 0 Å². The molecule has 7 heteroatoms. The molecule has 0 radical (unpaired) electrons. The molecule has 0 saturated heterocycles. The molecular formula is C18H21N5O2. The molecule has 130 valence electrons. The summed E-state index contributed by atoms with van der Waals surface area (Å²) < 4.78 is 0. The summed E-state index contributed by atoms with van der Waals surface area (Å²) in [5, 5.41) is 18.0. The van der Waals surface area contributed by atoms with Crippen molar-refractivity contribution >= 4 is 18.1 Å². The molecule has 0 aliphatic rings. The lowest BCUT2D eigenvalue weighted by Crippen LogP contribution is -2.11. The molecule has 2 rings (SSSR count). The molecule has 1 aromatic carbocycles. The van der Waals surface area contributed by atoms with Crippen LogP contribution in [-0.4, -0.2) is 45.9 Å². The summed E-state index contributed by atoms with van der Waals surface area (Å²) in [6.07, 6.45) is 3.31. The molecule has 7 nitrogen and oxygen atoms in total. The summed E-state index contributed by atoms with van der Waals surface area (Å²) >= 11 is 0. The standard InChI is InChI=1S/C18H21N5O2/c1-5-23(4)20-11-13(3)21-18-19-10-12(2)16(22-18)14-6-8-15(9-7-14)17(24)25/h6-11H,3,5H2,1-2,4H3,(H,24,25)(H,19,21,22)/b20-11-. The van der Waals surface area contributed by atoms with Crippen molar-refractivity contribution in [2.45, 2.75) is 13.8 Å². The van der Waals surface area contributed by atoms with E-state index >= 15 is 0 Å². The van der Waals surface area contributed by atoms with Crippen molar-refractivity contribution in [2.24, 2.45) is 5.10 Å². The van der Waals surface area contributed by atoms with Gasteiger partial charge in [0.05, 0.1) is 23.2 Å². The molecule has 0 amide bonds. The fourth-order valence-corrected chi connectivity index (χ4v) is 1.99. The van der Waals surface area contributed by atoms with Gasteiger partial charge in [-0.3, -0.25) is 0 Å². The van der Waals surface area contributed by atoms with E-state index in [1.165, 1.54) is 0 Å². The Morgan fingerprint density at radius 3 is 2.68 bits per heavy atom. The molecule has 2 aromatic rings. The zero-order valence-corrected chi connectivity index (χ0v) is 14.5. The number of aryl methyl sites for hydroxylation is 1. The molecule has 25 heavy (non-hydrogen) atoms. The fraction of sp³-hybridized carbons (Fsp3) is 0.222. The highest BCUT2D eigenvalue weighted by molar-refractivity contribution is 5.88. The molecule has 0 aliphatic carbocycles. The van der Waals surface area contributed by atoms with Gasteiger partial charge < -0.3 is 15.4 Å². The van der Waals surface area contributed by atoms with Crippen molar-refractivity contribution in [3.8, 4) is 11.3 Å². The third-order valence-electron chi connectivity index (χ3n) is 3.52. The lowest BCUT2D eigenvalue weighted by Gasteiger charge is -2.11. The number of hydrazone groups is 1. The molecule has 1 aromatic heterocycles. The normalized spacial score (nSPS) is 10.7. The molecule has 1 heterocycles. The monoisotopic (exact) mass is 339 g/mol. The fourth-order valence-electron chi connectivity index (χ4n) is 1.99. The van der Waals surface area contributed by atoms with E-state index in [0.29, 0.717) is 11.6 Å². The lowest BCUT2D eigenvalue weighted by atomic mass is 10.1. The SMILES string of the molecule is C=C(/C=N\N(C)CC)Nc1ncc(C)c(-c2ccc(C(=O)O)cc2)n1. The van der Waals surface area contributed by atoms with E-state index < -0.39 is 5.97 Å². The van der Waals surface area contributed by atoms with E-state index in [4.69, 9.17) is 5.11 Å². The van der Waals surface area contributed by atoms with Crippen molar-refractivity contribution < 1.29 is 9.90 Å². The van der Waals surface area contributed by atoms with Gasteiger partial charge in [0.2, 0.25) is 5.95 Å². The molecule has 0 atom stereocenters.